The van der Waals surface area contributed by atoms with Crippen LogP contribution in [0.1, 0.15) is 31.1 Å². The maximum atomic E-state index is 14.2. The van der Waals surface area contributed by atoms with Crippen molar-refractivity contribution in [1.29, 1.82) is 0 Å². The number of aryl methyl sites for hydroxylation is 1. The van der Waals surface area contributed by atoms with Crippen LogP contribution in [0.15, 0.2) is 42.7 Å². The lowest BCUT2D eigenvalue weighted by Crippen LogP contribution is -2.12. The van der Waals surface area contributed by atoms with E-state index in [2.05, 4.69) is 15.2 Å². The Morgan fingerprint density at radius 1 is 1.26 bits per heavy atom. The summed E-state index contributed by atoms with van der Waals surface area (Å²) >= 11 is 6.29. The van der Waals surface area contributed by atoms with E-state index in [1.165, 1.54) is 12.1 Å². The molecule has 4 heterocycles. The van der Waals surface area contributed by atoms with E-state index in [-0.39, 0.29) is 11.6 Å². The maximum absolute atomic E-state index is 14.2. The lowest BCUT2D eigenvalue weighted by Gasteiger charge is -2.21. The van der Waals surface area contributed by atoms with Crippen molar-refractivity contribution >= 4 is 17.4 Å². The standard InChI is InChI=1S/C22H20ClFN6O/c1-3-29-21-13-6-19(22(25)26-9-13)31-12(2)17-7-15(24)4-5-16(17)18-8-20(23)28-30(18)11-14(21)10-27-29/h4-10,12H,3,11H2,1-2H3,(H2,25,26)/t12-/m1/s1. The van der Waals surface area contributed by atoms with Gasteiger partial charge in [-0.25, -0.2) is 9.37 Å². The lowest BCUT2D eigenvalue weighted by molar-refractivity contribution is 0.227. The number of nitrogens with zero attached hydrogens (tertiary/aromatic N) is 5. The predicted octanol–water partition coefficient (Wildman–Crippen LogP) is 4.70. The SMILES string of the molecule is CCn1ncc2c1-c1cnc(N)c(c1)O[C@H](C)c1cc(F)ccc1-c1cc(Cl)nn1C2. The van der Waals surface area contributed by atoms with E-state index in [4.69, 9.17) is 22.1 Å². The van der Waals surface area contributed by atoms with Gasteiger partial charge in [0.1, 0.15) is 11.9 Å². The zero-order valence-electron chi connectivity index (χ0n) is 17.0. The second kappa shape index (κ2) is 7.39. The van der Waals surface area contributed by atoms with Crippen molar-refractivity contribution in [2.45, 2.75) is 33.0 Å². The molecular weight excluding hydrogens is 419 g/mol. The number of anilines is 1. The third-order valence-electron chi connectivity index (χ3n) is 5.47. The molecule has 0 fully saturated rings. The Morgan fingerprint density at radius 2 is 2.10 bits per heavy atom. The van der Waals surface area contributed by atoms with Gasteiger partial charge in [-0.05, 0) is 38.1 Å². The van der Waals surface area contributed by atoms with Crippen LogP contribution in [0.4, 0.5) is 10.2 Å². The molecule has 0 spiro atoms. The third kappa shape index (κ3) is 3.33. The predicted molar refractivity (Wildman–Crippen MR) is 116 cm³/mol. The Kier molecular flexibility index (Phi) is 4.66. The summed E-state index contributed by atoms with van der Waals surface area (Å²) in [6.45, 7) is 4.99. The summed E-state index contributed by atoms with van der Waals surface area (Å²) in [4.78, 5) is 4.33. The van der Waals surface area contributed by atoms with Crippen LogP contribution in [-0.2, 0) is 13.1 Å². The van der Waals surface area contributed by atoms with Gasteiger partial charge in [-0.3, -0.25) is 9.36 Å². The van der Waals surface area contributed by atoms with Crippen LogP contribution in [0.2, 0.25) is 5.15 Å². The molecule has 2 N–H and O–H groups in total. The van der Waals surface area contributed by atoms with E-state index in [1.807, 2.05) is 30.8 Å². The number of halogens is 2. The number of benzene rings is 1. The number of ether oxygens (including phenoxy) is 1. The summed E-state index contributed by atoms with van der Waals surface area (Å²) in [6.07, 6.45) is 3.02. The van der Waals surface area contributed by atoms with Gasteiger partial charge >= 0.3 is 0 Å². The molecule has 9 heteroatoms. The van der Waals surface area contributed by atoms with Crippen molar-refractivity contribution in [2.24, 2.45) is 0 Å². The van der Waals surface area contributed by atoms with Gasteiger partial charge in [-0.1, -0.05) is 11.6 Å². The number of hydrogen-bond acceptors (Lipinski definition) is 5. The monoisotopic (exact) mass is 438 g/mol. The zero-order valence-corrected chi connectivity index (χ0v) is 17.8. The quantitative estimate of drug-likeness (QED) is 0.465. The van der Waals surface area contributed by atoms with E-state index in [9.17, 15) is 4.39 Å². The molecule has 5 rings (SSSR count). The molecule has 0 saturated carbocycles. The zero-order chi connectivity index (χ0) is 21.7. The molecule has 1 aliphatic rings. The van der Waals surface area contributed by atoms with Crippen LogP contribution in [-0.4, -0.2) is 24.5 Å². The van der Waals surface area contributed by atoms with Crippen molar-refractivity contribution in [1.82, 2.24) is 24.5 Å². The highest BCUT2D eigenvalue weighted by atomic mass is 35.5. The van der Waals surface area contributed by atoms with Crippen LogP contribution < -0.4 is 10.5 Å². The van der Waals surface area contributed by atoms with E-state index < -0.39 is 6.10 Å². The van der Waals surface area contributed by atoms with Crippen LogP contribution in [0.5, 0.6) is 5.75 Å². The minimum absolute atomic E-state index is 0.266. The summed E-state index contributed by atoms with van der Waals surface area (Å²) < 4.78 is 24.1. The first kappa shape index (κ1) is 19.6. The van der Waals surface area contributed by atoms with Crippen molar-refractivity contribution in [3.05, 3.63) is 64.8 Å². The first-order valence-electron chi connectivity index (χ1n) is 9.95. The topological polar surface area (TPSA) is 83.8 Å². The normalized spacial score (nSPS) is 15.2. The minimum atomic E-state index is -0.498. The van der Waals surface area contributed by atoms with Gasteiger partial charge in [0.2, 0.25) is 0 Å². The number of nitrogen functional groups attached to an aromatic ring is 1. The van der Waals surface area contributed by atoms with Crippen molar-refractivity contribution in [3.8, 4) is 28.3 Å². The fraction of sp³-hybridized carbons (Fsp3) is 0.227. The van der Waals surface area contributed by atoms with Crippen LogP contribution in [0.3, 0.4) is 0 Å². The molecule has 31 heavy (non-hydrogen) atoms. The molecule has 1 atom stereocenters. The van der Waals surface area contributed by atoms with E-state index in [1.54, 1.807) is 23.0 Å². The molecule has 4 aromatic rings. The summed E-state index contributed by atoms with van der Waals surface area (Å²) in [7, 11) is 0. The molecule has 0 saturated heterocycles. The van der Waals surface area contributed by atoms with Gasteiger partial charge in [0.05, 0.1) is 24.1 Å². The fourth-order valence-corrected chi connectivity index (χ4v) is 4.23. The number of pyridine rings is 1. The third-order valence-corrected chi connectivity index (χ3v) is 5.66. The fourth-order valence-electron chi connectivity index (χ4n) is 4.03. The van der Waals surface area contributed by atoms with Gasteiger partial charge in [0, 0.05) is 41.1 Å². The first-order valence-corrected chi connectivity index (χ1v) is 10.3. The van der Waals surface area contributed by atoms with Crippen molar-refractivity contribution in [2.75, 3.05) is 5.73 Å². The molecule has 0 aliphatic carbocycles. The molecule has 0 radical (unpaired) electrons. The minimum Gasteiger partial charge on any atom is -0.482 e. The summed E-state index contributed by atoms with van der Waals surface area (Å²) in [6, 6.07) is 8.22. The van der Waals surface area contributed by atoms with Crippen LogP contribution >= 0.6 is 11.6 Å². The van der Waals surface area contributed by atoms with E-state index in [0.29, 0.717) is 29.6 Å². The molecule has 3 aromatic heterocycles. The van der Waals surface area contributed by atoms with Crippen LogP contribution in [0, 0.1) is 5.82 Å². The Bertz CT molecular complexity index is 1300. The highest BCUT2D eigenvalue weighted by molar-refractivity contribution is 6.29. The van der Waals surface area contributed by atoms with Crippen molar-refractivity contribution in [3.63, 3.8) is 0 Å². The average molecular weight is 439 g/mol. The van der Waals surface area contributed by atoms with E-state index >= 15 is 0 Å². The number of rotatable bonds is 1. The van der Waals surface area contributed by atoms with Gasteiger partial charge in [-0.2, -0.15) is 10.2 Å². The average Bonchev–Trinajstić information content (AvgIpc) is 3.32. The van der Waals surface area contributed by atoms with E-state index in [0.717, 1.165) is 28.1 Å². The second-order valence-electron chi connectivity index (χ2n) is 7.44. The smallest absolute Gasteiger partial charge is 0.166 e. The molecule has 1 aromatic carbocycles. The Morgan fingerprint density at radius 3 is 2.90 bits per heavy atom. The maximum Gasteiger partial charge on any atom is 0.166 e. The molecule has 1 aliphatic heterocycles. The number of fused-ring (bicyclic) bond motifs is 7. The first-order chi connectivity index (χ1) is 14.9. The highest BCUT2D eigenvalue weighted by Gasteiger charge is 2.23. The van der Waals surface area contributed by atoms with Crippen molar-refractivity contribution < 1.29 is 9.13 Å². The largest absolute Gasteiger partial charge is 0.482 e. The van der Waals surface area contributed by atoms with Crippen LogP contribution in [0.25, 0.3) is 22.5 Å². The summed E-state index contributed by atoms with van der Waals surface area (Å²) in [5.41, 5.74) is 11.0. The van der Waals surface area contributed by atoms with Gasteiger partial charge in [-0.15, -0.1) is 0 Å². The van der Waals surface area contributed by atoms with Gasteiger partial charge < -0.3 is 10.5 Å². The molecule has 7 nitrogen and oxygen atoms in total. The molecule has 2 bridgehead atoms. The highest BCUT2D eigenvalue weighted by Crippen LogP contribution is 2.37. The Labute approximate surface area is 183 Å². The summed E-state index contributed by atoms with van der Waals surface area (Å²) in [5, 5.41) is 9.36. The number of nitrogens with two attached hydrogens (primary N) is 1. The second-order valence-corrected chi connectivity index (χ2v) is 7.83. The number of hydrogen-bond donors (Lipinski definition) is 1. The van der Waals surface area contributed by atoms with Gasteiger partial charge in [0.25, 0.3) is 0 Å². The number of aromatic nitrogens is 5. The molecule has 158 valence electrons. The Hall–Kier alpha value is -3.39. The Balaban J connectivity index is 1.81. The molecule has 0 unspecified atom stereocenters. The molecule has 0 amide bonds. The lowest BCUT2D eigenvalue weighted by atomic mass is 9.99. The molecular formula is C22H20ClFN6O. The summed E-state index contributed by atoms with van der Waals surface area (Å²) in [5.74, 6) is 0.342. The van der Waals surface area contributed by atoms with Gasteiger partial charge in [0.15, 0.2) is 16.7 Å².